The fourth-order valence-electron chi connectivity index (χ4n) is 0. The molecule has 0 fully saturated rings. The van der Waals surface area contributed by atoms with Gasteiger partial charge in [0, 0.05) is 0 Å². The van der Waals surface area contributed by atoms with Crippen LogP contribution < -0.4 is 30.6 Å². The average Bonchev–Trinajstić information content (AvgIpc) is 1.54. The van der Waals surface area contributed by atoms with Gasteiger partial charge in [-0.15, -0.1) is 0 Å². The summed E-state index contributed by atoms with van der Waals surface area (Å²) in [6.07, 6.45) is -7.00. The van der Waals surface area contributed by atoms with E-state index in [1.807, 2.05) is 0 Å². The van der Waals surface area contributed by atoms with Crippen LogP contribution in [0.3, 0.4) is 0 Å². The third-order valence-electron chi connectivity index (χ3n) is 0. The van der Waals surface area contributed by atoms with E-state index in [1.165, 1.54) is 0 Å². The third kappa shape index (κ3) is 15600. The minimum absolute atomic E-state index is 0. The maximum absolute atomic E-state index is 8.33. The molecule has 13 heteroatoms. The van der Waals surface area contributed by atoms with E-state index in [1.54, 1.807) is 0 Å². The van der Waals surface area contributed by atoms with Crippen LogP contribution in [0.1, 0.15) is 0 Å². The van der Waals surface area contributed by atoms with E-state index in [2.05, 4.69) is 0 Å². The van der Waals surface area contributed by atoms with Gasteiger partial charge >= 0.3 is 80.8 Å². The molecule has 0 aromatic rings. The van der Waals surface area contributed by atoms with Gasteiger partial charge in [0.1, 0.15) is 0 Å². The number of hydrogen-bond acceptors (Lipinski definition) is 9. The van der Waals surface area contributed by atoms with Crippen LogP contribution in [0.25, 0.3) is 0 Å². The van der Waals surface area contributed by atoms with Crippen LogP contribution >= 0.6 is 0 Å². The standard InChI is InChI=1S/3CH2O3.2Al.2Mg.4H/c3*2-1(3)4;;;;;;;;/h3*(H2,2,3,4);;;;;;;;/q;;;2*+3;;;;;;/p-6. The van der Waals surface area contributed by atoms with Gasteiger partial charge in [-0.25, -0.2) is 0 Å². The molecule has 80 valence electrons. The van der Waals surface area contributed by atoms with E-state index in [4.69, 9.17) is 45.0 Å². The van der Waals surface area contributed by atoms with Crippen LogP contribution in [0.2, 0.25) is 0 Å². The smallest absolute Gasteiger partial charge is 0.652 e. The molecule has 0 aliphatic heterocycles. The second-order valence-corrected chi connectivity index (χ2v) is 0.750. The Morgan fingerprint density at radius 2 is 0.500 bits per heavy atom. The second-order valence-electron chi connectivity index (χ2n) is 0.750. The van der Waals surface area contributed by atoms with Gasteiger partial charge in [-0.2, -0.15) is 0 Å². The third-order valence-corrected chi connectivity index (χ3v) is 0. The summed E-state index contributed by atoms with van der Waals surface area (Å²) in [5.74, 6) is 0. The molecule has 0 saturated heterocycles. The first-order valence-corrected chi connectivity index (χ1v) is 1.84. The van der Waals surface area contributed by atoms with E-state index in [9.17, 15) is 0 Å². The summed E-state index contributed by atoms with van der Waals surface area (Å²) in [6, 6.07) is 0. The number of carboxylic acid groups (broad SMARTS) is 6. The van der Waals surface area contributed by atoms with Crippen molar-refractivity contribution in [2.75, 3.05) is 0 Å². The first-order chi connectivity index (χ1) is 5.20. The van der Waals surface area contributed by atoms with Gasteiger partial charge in [-0.05, 0) is 18.5 Å². The Morgan fingerprint density at radius 3 is 0.500 bits per heavy atom. The summed E-state index contributed by atoms with van der Waals surface area (Å²) in [4.78, 5) is 25.0. The van der Waals surface area contributed by atoms with Gasteiger partial charge in [0.2, 0.25) is 0 Å². The SMILES string of the molecule is O=C([O-])[O-].O=C([O-])[O-].O=C([O-])[O-].[Al+3].[Al+3].[MgH2].[MgH2]. The monoisotopic (exact) mass is 286 g/mol. The van der Waals surface area contributed by atoms with Crippen molar-refractivity contribution in [2.24, 2.45) is 0 Å². The Labute approximate surface area is 143 Å². The summed E-state index contributed by atoms with van der Waals surface area (Å²) < 4.78 is 0. The zero-order valence-corrected chi connectivity index (χ0v) is 8.64. The maximum atomic E-state index is 8.33. The van der Waals surface area contributed by atoms with Crippen molar-refractivity contribution >= 4 is 99.3 Å². The van der Waals surface area contributed by atoms with Crippen LogP contribution in [0.5, 0.6) is 0 Å². The molecule has 0 radical (unpaired) electrons. The van der Waals surface area contributed by atoms with Gasteiger partial charge in [0.25, 0.3) is 0 Å². The average molecular weight is 287 g/mol. The molecule has 0 saturated carbocycles. The molecule has 16 heavy (non-hydrogen) atoms. The van der Waals surface area contributed by atoms with E-state index in [0.717, 1.165) is 0 Å². The molecule has 0 spiro atoms. The van der Waals surface area contributed by atoms with E-state index in [-0.39, 0.29) is 80.8 Å². The number of carbonyl (C=O) groups is 3. The predicted molar refractivity (Wildman–Crippen MR) is 44.8 cm³/mol. The zero-order valence-electron chi connectivity index (χ0n) is 6.33. The molecule has 0 rings (SSSR count). The van der Waals surface area contributed by atoms with Crippen LogP contribution in [-0.2, 0) is 0 Å². The first kappa shape index (κ1) is 44.0. The van der Waals surface area contributed by atoms with Gasteiger partial charge in [0.05, 0.1) is 0 Å². The van der Waals surface area contributed by atoms with Crippen molar-refractivity contribution in [1.82, 2.24) is 0 Å². The normalized spacial score (nSPS) is 4.50. The molecule has 0 aliphatic carbocycles. The molecule has 0 aromatic carbocycles. The van der Waals surface area contributed by atoms with Gasteiger partial charge < -0.3 is 45.0 Å². The summed E-state index contributed by atoms with van der Waals surface area (Å²) in [6.45, 7) is 0. The molecular weight excluding hydrogens is 283 g/mol. The molecular formula is C3H4Al2Mg2O9. The van der Waals surface area contributed by atoms with Gasteiger partial charge in [-0.1, -0.05) is 0 Å². The van der Waals surface area contributed by atoms with Crippen molar-refractivity contribution in [1.29, 1.82) is 0 Å². The molecule has 0 atom stereocenters. The van der Waals surface area contributed by atoms with Crippen molar-refractivity contribution in [3.63, 3.8) is 0 Å². The molecule has 9 nitrogen and oxygen atoms in total. The van der Waals surface area contributed by atoms with Crippen molar-refractivity contribution in [3.8, 4) is 0 Å². The van der Waals surface area contributed by atoms with Crippen LogP contribution in [0.15, 0.2) is 0 Å². The Kier molecular flexibility index (Phi) is 99.4. The quantitative estimate of drug-likeness (QED) is 0.389. The Hall–Kier alpha value is 0.407. The van der Waals surface area contributed by atoms with E-state index in [0.29, 0.717) is 0 Å². The van der Waals surface area contributed by atoms with Crippen molar-refractivity contribution in [2.45, 2.75) is 0 Å². The minimum Gasteiger partial charge on any atom is -0.652 e. The molecule has 0 unspecified atom stereocenters. The summed E-state index contributed by atoms with van der Waals surface area (Å²) in [5.41, 5.74) is 0. The predicted octanol–water partition coefficient (Wildman–Crippen LogP) is -9.94. The largest absolute Gasteiger partial charge is 3.00 e. The van der Waals surface area contributed by atoms with Gasteiger partial charge in [-0.3, -0.25) is 0 Å². The molecule has 0 N–H and O–H groups in total. The molecule has 0 amide bonds. The molecule has 0 bridgehead atoms. The Morgan fingerprint density at radius 1 is 0.500 bits per heavy atom. The number of rotatable bonds is 0. The van der Waals surface area contributed by atoms with Crippen LogP contribution in [-0.4, -0.2) is 99.3 Å². The van der Waals surface area contributed by atoms with Gasteiger partial charge in [0.15, 0.2) is 0 Å². The number of carbonyl (C=O) groups excluding carboxylic acids is 3. The van der Waals surface area contributed by atoms with E-state index < -0.39 is 18.5 Å². The summed E-state index contributed by atoms with van der Waals surface area (Å²) in [7, 11) is 0. The fourth-order valence-corrected chi connectivity index (χ4v) is 0. The zero-order chi connectivity index (χ0) is 10.7. The van der Waals surface area contributed by atoms with Crippen molar-refractivity contribution in [3.05, 3.63) is 0 Å². The minimum atomic E-state index is -2.33. The Balaban J connectivity index is -0.0000000135. The Bertz CT molecular complexity index is 124. The maximum Gasteiger partial charge on any atom is 3.00 e. The molecule has 0 aromatic heterocycles. The fraction of sp³-hybridized carbons (Fsp3) is 0. The summed E-state index contributed by atoms with van der Waals surface area (Å²) >= 11 is 0. The summed E-state index contributed by atoms with van der Waals surface area (Å²) in [5, 5.41) is 50.0. The number of hydrogen-bond donors (Lipinski definition) is 0. The first-order valence-electron chi connectivity index (χ1n) is 1.84. The topological polar surface area (TPSA) is 190 Å². The molecule has 0 heterocycles. The van der Waals surface area contributed by atoms with Crippen LogP contribution in [0.4, 0.5) is 14.4 Å². The molecule has 0 aliphatic rings. The van der Waals surface area contributed by atoms with E-state index >= 15 is 0 Å². The van der Waals surface area contributed by atoms with Crippen LogP contribution in [0, 0.1) is 0 Å². The second kappa shape index (κ2) is 36.1. The van der Waals surface area contributed by atoms with Crippen molar-refractivity contribution < 1.29 is 45.0 Å².